The van der Waals surface area contributed by atoms with Crippen LogP contribution in [0.5, 0.6) is 0 Å². The lowest BCUT2D eigenvalue weighted by Gasteiger charge is -2.10. The Labute approximate surface area is 123 Å². The van der Waals surface area contributed by atoms with Crippen LogP contribution in [0.1, 0.15) is 54.5 Å². The quantitative estimate of drug-likeness (QED) is 0.840. The van der Waals surface area contributed by atoms with Crippen LogP contribution in [0.15, 0.2) is 10.5 Å². The highest BCUT2D eigenvalue weighted by Crippen LogP contribution is 2.22. The molecule has 1 aromatic rings. The number of rotatable bonds is 6. The maximum atomic E-state index is 11.8. The number of hydrogen-bond acceptors (Lipinski definition) is 4. The van der Waals surface area contributed by atoms with Crippen LogP contribution >= 0.6 is 0 Å². The number of aromatic carboxylic acids is 1. The van der Waals surface area contributed by atoms with Crippen molar-refractivity contribution < 1.29 is 23.8 Å². The molecule has 1 amide bonds. The Balaban J connectivity index is 1.73. The molecule has 0 unspecified atom stereocenters. The molecular formula is C15H21NO5. The molecule has 1 saturated heterocycles. The van der Waals surface area contributed by atoms with Crippen LogP contribution in [0.3, 0.4) is 0 Å². The van der Waals surface area contributed by atoms with Crippen LogP contribution in [0, 0.1) is 6.92 Å². The number of aryl methyl sites for hydroxylation is 1. The predicted octanol–water partition coefficient (Wildman–Crippen LogP) is 2.25. The summed E-state index contributed by atoms with van der Waals surface area (Å²) >= 11 is 0. The fraction of sp³-hybridized carbons (Fsp3) is 0.600. The van der Waals surface area contributed by atoms with Gasteiger partial charge in [-0.15, -0.1) is 0 Å². The van der Waals surface area contributed by atoms with Crippen molar-refractivity contribution in [2.75, 3.05) is 0 Å². The average molecular weight is 295 g/mol. The third-order valence-electron chi connectivity index (χ3n) is 3.67. The topological polar surface area (TPSA) is 88.8 Å². The van der Waals surface area contributed by atoms with Crippen molar-refractivity contribution in [2.24, 2.45) is 0 Å². The van der Waals surface area contributed by atoms with Crippen molar-refractivity contribution >= 4 is 11.9 Å². The standard InChI is InChI=1S/C15H21NO5/c1-9-3-4-11(20-9)5-6-14(17)16-8-12-7-13(15(18)19)10(2)21-12/h7,9,11H,3-6,8H2,1-2H3,(H,16,17)(H,18,19)/t9-,11+/m1/s1. The second-order valence-corrected chi connectivity index (χ2v) is 5.45. The molecule has 6 nitrogen and oxygen atoms in total. The Bertz CT molecular complexity index is 522. The smallest absolute Gasteiger partial charge is 0.339 e. The van der Waals surface area contributed by atoms with Crippen LogP contribution in [-0.4, -0.2) is 29.2 Å². The van der Waals surface area contributed by atoms with Crippen LogP contribution in [0.2, 0.25) is 0 Å². The maximum absolute atomic E-state index is 11.8. The average Bonchev–Trinajstić information content (AvgIpc) is 3.00. The first-order valence-electron chi connectivity index (χ1n) is 7.20. The van der Waals surface area contributed by atoms with Gasteiger partial charge in [0.2, 0.25) is 5.91 Å². The van der Waals surface area contributed by atoms with Crippen molar-refractivity contribution in [3.05, 3.63) is 23.2 Å². The van der Waals surface area contributed by atoms with E-state index in [-0.39, 0.29) is 24.1 Å². The van der Waals surface area contributed by atoms with Gasteiger partial charge in [-0.05, 0) is 39.2 Å². The van der Waals surface area contributed by atoms with E-state index < -0.39 is 5.97 Å². The Morgan fingerprint density at radius 3 is 2.76 bits per heavy atom. The zero-order valence-corrected chi connectivity index (χ0v) is 12.3. The third-order valence-corrected chi connectivity index (χ3v) is 3.67. The van der Waals surface area contributed by atoms with Crippen LogP contribution < -0.4 is 5.32 Å². The monoisotopic (exact) mass is 295 g/mol. The summed E-state index contributed by atoms with van der Waals surface area (Å²) in [5.41, 5.74) is 0.132. The maximum Gasteiger partial charge on any atom is 0.339 e. The Morgan fingerprint density at radius 1 is 1.43 bits per heavy atom. The molecular weight excluding hydrogens is 274 g/mol. The fourth-order valence-corrected chi connectivity index (χ4v) is 2.51. The summed E-state index contributed by atoms with van der Waals surface area (Å²) in [6, 6.07) is 1.44. The molecule has 0 aliphatic carbocycles. The van der Waals surface area contributed by atoms with Crippen LogP contribution in [0.4, 0.5) is 0 Å². The van der Waals surface area contributed by atoms with Gasteiger partial charge < -0.3 is 19.6 Å². The minimum absolute atomic E-state index is 0.0796. The summed E-state index contributed by atoms with van der Waals surface area (Å²) in [6.07, 6.45) is 3.65. The number of amides is 1. The van der Waals surface area contributed by atoms with Gasteiger partial charge in [-0.1, -0.05) is 0 Å². The van der Waals surface area contributed by atoms with Crippen molar-refractivity contribution in [1.82, 2.24) is 5.32 Å². The van der Waals surface area contributed by atoms with E-state index >= 15 is 0 Å². The first-order chi connectivity index (χ1) is 9.95. The zero-order chi connectivity index (χ0) is 15.4. The van der Waals surface area contributed by atoms with Crippen molar-refractivity contribution in [3.8, 4) is 0 Å². The number of carboxylic acid groups (broad SMARTS) is 1. The molecule has 2 atom stereocenters. The van der Waals surface area contributed by atoms with Gasteiger partial charge >= 0.3 is 5.97 Å². The van der Waals surface area contributed by atoms with Gasteiger partial charge in [0.15, 0.2) is 0 Å². The summed E-state index contributed by atoms with van der Waals surface area (Å²) in [7, 11) is 0. The van der Waals surface area contributed by atoms with Gasteiger partial charge in [0.05, 0.1) is 18.8 Å². The summed E-state index contributed by atoms with van der Waals surface area (Å²) in [6.45, 7) is 3.83. The lowest BCUT2D eigenvalue weighted by molar-refractivity contribution is -0.122. The molecule has 2 heterocycles. The highest BCUT2D eigenvalue weighted by Gasteiger charge is 2.22. The molecule has 1 aliphatic rings. The number of furan rings is 1. The predicted molar refractivity (Wildman–Crippen MR) is 75.1 cm³/mol. The Morgan fingerprint density at radius 2 is 2.19 bits per heavy atom. The molecule has 116 valence electrons. The van der Waals surface area contributed by atoms with E-state index in [0.717, 1.165) is 12.8 Å². The number of hydrogen-bond donors (Lipinski definition) is 2. The highest BCUT2D eigenvalue weighted by molar-refractivity contribution is 5.88. The summed E-state index contributed by atoms with van der Waals surface area (Å²) < 4.78 is 11.0. The summed E-state index contributed by atoms with van der Waals surface area (Å²) in [5.74, 6) is -0.311. The number of carboxylic acids is 1. The fourth-order valence-electron chi connectivity index (χ4n) is 2.51. The summed E-state index contributed by atoms with van der Waals surface area (Å²) in [5, 5.41) is 11.7. The van der Waals surface area contributed by atoms with Crippen LogP contribution in [-0.2, 0) is 16.1 Å². The molecule has 0 radical (unpaired) electrons. The van der Waals surface area contributed by atoms with E-state index in [9.17, 15) is 9.59 Å². The third kappa shape index (κ3) is 4.32. The van der Waals surface area contributed by atoms with E-state index in [1.165, 1.54) is 6.07 Å². The highest BCUT2D eigenvalue weighted by atomic mass is 16.5. The van der Waals surface area contributed by atoms with Crippen molar-refractivity contribution in [2.45, 2.75) is 58.3 Å². The minimum Gasteiger partial charge on any atom is -0.478 e. The Kier molecular flexibility index (Phi) is 5.01. The number of carbonyl (C=O) groups excluding carboxylic acids is 1. The molecule has 0 bridgehead atoms. The molecule has 21 heavy (non-hydrogen) atoms. The molecule has 6 heteroatoms. The zero-order valence-electron chi connectivity index (χ0n) is 12.3. The first-order valence-corrected chi connectivity index (χ1v) is 7.20. The summed E-state index contributed by atoms with van der Waals surface area (Å²) in [4.78, 5) is 22.6. The number of carbonyl (C=O) groups is 2. The van der Waals surface area contributed by atoms with Gasteiger partial charge in [0.1, 0.15) is 17.1 Å². The van der Waals surface area contributed by atoms with Crippen molar-refractivity contribution in [3.63, 3.8) is 0 Å². The van der Waals surface area contributed by atoms with Gasteiger partial charge in [-0.25, -0.2) is 4.79 Å². The van der Waals surface area contributed by atoms with Gasteiger partial charge in [0, 0.05) is 6.42 Å². The van der Waals surface area contributed by atoms with Crippen LogP contribution in [0.25, 0.3) is 0 Å². The lowest BCUT2D eigenvalue weighted by Crippen LogP contribution is -2.23. The second-order valence-electron chi connectivity index (χ2n) is 5.45. The van der Waals surface area contributed by atoms with E-state index in [2.05, 4.69) is 5.32 Å². The molecule has 1 fully saturated rings. The normalized spacial score (nSPS) is 21.4. The van der Waals surface area contributed by atoms with Gasteiger partial charge in [0.25, 0.3) is 0 Å². The molecule has 2 rings (SSSR count). The van der Waals surface area contributed by atoms with E-state index in [0.29, 0.717) is 30.5 Å². The van der Waals surface area contributed by atoms with E-state index in [4.69, 9.17) is 14.3 Å². The van der Waals surface area contributed by atoms with E-state index in [1.54, 1.807) is 6.92 Å². The molecule has 2 N–H and O–H groups in total. The van der Waals surface area contributed by atoms with Gasteiger partial charge in [-0.3, -0.25) is 4.79 Å². The largest absolute Gasteiger partial charge is 0.478 e. The minimum atomic E-state index is -1.03. The molecule has 0 aromatic carbocycles. The van der Waals surface area contributed by atoms with Gasteiger partial charge in [-0.2, -0.15) is 0 Å². The lowest BCUT2D eigenvalue weighted by atomic mass is 10.1. The second kappa shape index (κ2) is 6.76. The molecule has 0 saturated carbocycles. The molecule has 0 spiro atoms. The van der Waals surface area contributed by atoms with Crippen molar-refractivity contribution in [1.29, 1.82) is 0 Å². The molecule has 1 aliphatic heterocycles. The number of nitrogens with one attached hydrogen (secondary N) is 1. The molecule has 1 aromatic heterocycles. The van der Waals surface area contributed by atoms with E-state index in [1.807, 2.05) is 6.92 Å². The number of ether oxygens (including phenoxy) is 1. The Hall–Kier alpha value is -1.82. The first kappa shape index (κ1) is 15.6. The SMILES string of the molecule is Cc1oc(CNC(=O)CC[C@@H]2CC[C@@H](C)O2)cc1C(=O)O.